The summed E-state index contributed by atoms with van der Waals surface area (Å²) in [4.78, 5) is 21.0. The van der Waals surface area contributed by atoms with Crippen molar-refractivity contribution in [3.63, 3.8) is 0 Å². The standard InChI is InChI=1S/C10H14N2O4/c11-9(13)2-1-3-12-5-8-4-7(6-16-8)10(14)15/h4,6,12H,1-3,5H2,(H2,11,13)(H,14,15). The Kier molecular flexibility index (Phi) is 4.53. The van der Waals surface area contributed by atoms with Gasteiger partial charge in [0, 0.05) is 6.42 Å². The van der Waals surface area contributed by atoms with Crippen LogP contribution in [0.15, 0.2) is 16.7 Å². The molecule has 16 heavy (non-hydrogen) atoms. The smallest absolute Gasteiger partial charge is 0.338 e. The van der Waals surface area contributed by atoms with E-state index in [1.807, 2.05) is 0 Å². The summed E-state index contributed by atoms with van der Waals surface area (Å²) in [5.74, 6) is -0.784. The van der Waals surface area contributed by atoms with E-state index >= 15 is 0 Å². The van der Waals surface area contributed by atoms with Gasteiger partial charge < -0.3 is 20.6 Å². The van der Waals surface area contributed by atoms with E-state index in [9.17, 15) is 9.59 Å². The molecule has 0 aliphatic rings. The number of amides is 1. The number of hydrogen-bond donors (Lipinski definition) is 3. The van der Waals surface area contributed by atoms with Crippen LogP contribution in [-0.4, -0.2) is 23.5 Å². The van der Waals surface area contributed by atoms with Gasteiger partial charge >= 0.3 is 5.97 Å². The number of furan rings is 1. The van der Waals surface area contributed by atoms with E-state index in [-0.39, 0.29) is 11.5 Å². The third kappa shape index (κ3) is 4.14. The zero-order chi connectivity index (χ0) is 12.0. The molecule has 88 valence electrons. The maximum absolute atomic E-state index is 10.5. The van der Waals surface area contributed by atoms with Gasteiger partial charge in [0.2, 0.25) is 5.91 Å². The molecule has 0 saturated heterocycles. The molecule has 0 atom stereocenters. The lowest BCUT2D eigenvalue weighted by Crippen LogP contribution is -2.17. The van der Waals surface area contributed by atoms with E-state index < -0.39 is 5.97 Å². The SMILES string of the molecule is NC(=O)CCCNCc1cc(C(=O)O)co1. The summed E-state index contributed by atoms with van der Waals surface area (Å²) in [5.41, 5.74) is 5.11. The molecule has 0 saturated carbocycles. The van der Waals surface area contributed by atoms with Crippen molar-refractivity contribution in [1.82, 2.24) is 5.32 Å². The molecular weight excluding hydrogens is 212 g/mol. The Hall–Kier alpha value is -1.82. The first-order valence-electron chi connectivity index (χ1n) is 4.89. The molecule has 0 unspecified atom stereocenters. The Bertz CT molecular complexity index is 373. The average Bonchev–Trinajstić information content (AvgIpc) is 2.65. The lowest BCUT2D eigenvalue weighted by atomic mass is 10.3. The number of carboxylic acids is 1. The number of hydrogen-bond acceptors (Lipinski definition) is 4. The van der Waals surface area contributed by atoms with Crippen molar-refractivity contribution in [2.24, 2.45) is 5.73 Å². The third-order valence-electron chi connectivity index (χ3n) is 1.98. The number of carbonyl (C=O) groups is 2. The molecule has 0 aromatic carbocycles. The van der Waals surface area contributed by atoms with Gasteiger partial charge in [0.1, 0.15) is 12.0 Å². The van der Waals surface area contributed by atoms with Crippen LogP contribution in [0.1, 0.15) is 29.0 Å². The summed E-state index contributed by atoms with van der Waals surface area (Å²) in [5, 5.41) is 11.7. The Morgan fingerprint density at radius 1 is 1.50 bits per heavy atom. The fraction of sp³-hybridized carbons (Fsp3) is 0.400. The lowest BCUT2D eigenvalue weighted by Gasteiger charge is -2.00. The molecule has 1 heterocycles. The molecule has 0 bridgehead atoms. The molecule has 1 amide bonds. The van der Waals surface area contributed by atoms with Crippen LogP contribution in [0.5, 0.6) is 0 Å². The van der Waals surface area contributed by atoms with Crippen molar-refractivity contribution in [2.45, 2.75) is 19.4 Å². The van der Waals surface area contributed by atoms with Crippen LogP contribution in [0.3, 0.4) is 0 Å². The van der Waals surface area contributed by atoms with Crippen LogP contribution in [0.4, 0.5) is 0 Å². The summed E-state index contributed by atoms with van der Waals surface area (Å²) in [6, 6.07) is 1.46. The third-order valence-corrected chi connectivity index (χ3v) is 1.98. The average molecular weight is 226 g/mol. The Morgan fingerprint density at radius 2 is 2.25 bits per heavy atom. The van der Waals surface area contributed by atoms with Crippen molar-refractivity contribution in [1.29, 1.82) is 0 Å². The minimum absolute atomic E-state index is 0.133. The number of rotatable bonds is 7. The maximum Gasteiger partial charge on any atom is 0.338 e. The molecule has 4 N–H and O–H groups in total. The minimum Gasteiger partial charge on any atom is -0.478 e. The van der Waals surface area contributed by atoms with Crippen LogP contribution in [0, 0.1) is 0 Å². The molecule has 1 rings (SSSR count). The molecule has 0 fully saturated rings. The fourth-order valence-corrected chi connectivity index (χ4v) is 1.18. The quantitative estimate of drug-likeness (QED) is 0.581. The topological polar surface area (TPSA) is 106 Å². The maximum atomic E-state index is 10.5. The van der Waals surface area contributed by atoms with Crippen molar-refractivity contribution in [2.75, 3.05) is 6.54 Å². The first kappa shape index (κ1) is 12.3. The van der Waals surface area contributed by atoms with E-state index in [1.54, 1.807) is 0 Å². The van der Waals surface area contributed by atoms with Crippen LogP contribution in [0.2, 0.25) is 0 Å². The van der Waals surface area contributed by atoms with E-state index in [2.05, 4.69) is 5.32 Å². The van der Waals surface area contributed by atoms with Crippen LogP contribution < -0.4 is 11.1 Å². The van der Waals surface area contributed by atoms with Gasteiger partial charge in [0.15, 0.2) is 0 Å². The van der Waals surface area contributed by atoms with E-state index in [0.717, 1.165) is 0 Å². The predicted octanol–water partition coefficient (Wildman–Crippen LogP) is 0.333. The number of carboxylic acid groups (broad SMARTS) is 1. The van der Waals surface area contributed by atoms with Crippen molar-refractivity contribution in [3.8, 4) is 0 Å². The van der Waals surface area contributed by atoms with Gasteiger partial charge in [-0.25, -0.2) is 4.79 Å². The zero-order valence-corrected chi connectivity index (χ0v) is 8.73. The van der Waals surface area contributed by atoms with Gasteiger partial charge in [-0.05, 0) is 19.0 Å². The molecule has 0 radical (unpaired) electrons. The molecule has 0 spiro atoms. The van der Waals surface area contributed by atoms with Gasteiger partial charge in [-0.3, -0.25) is 4.79 Å². The molecule has 6 heteroatoms. The monoisotopic (exact) mass is 226 g/mol. The van der Waals surface area contributed by atoms with Crippen molar-refractivity contribution in [3.05, 3.63) is 23.7 Å². The molecule has 1 aromatic rings. The van der Waals surface area contributed by atoms with Crippen molar-refractivity contribution < 1.29 is 19.1 Å². The molecule has 0 aliphatic carbocycles. The first-order chi connectivity index (χ1) is 7.59. The second-order valence-electron chi connectivity index (χ2n) is 3.35. The number of nitrogens with two attached hydrogens (primary N) is 1. The van der Waals surface area contributed by atoms with Crippen LogP contribution in [-0.2, 0) is 11.3 Å². The van der Waals surface area contributed by atoms with E-state index in [1.165, 1.54) is 12.3 Å². The molecular formula is C10H14N2O4. The minimum atomic E-state index is -1.01. The highest BCUT2D eigenvalue weighted by Gasteiger charge is 2.07. The van der Waals surface area contributed by atoms with E-state index in [4.69, 9.17) is 15.3 Å². The van der Waals surface area contributed by atoms with Gasteiger partial charge in [-0.1, -0.05) is 0 Å². The largest absolute Gasteiger partial charge is 0.478 e. The van der Waals surface area contributed by atoms with Gasteiger partial charge in [0.05, 0.1) is 12.1 Å². The van der Waals surface area contributed by atoms with Gasteiger partial charge in [-0.15, -0.1) is 0 Å². The summed E-state index contributed by atoms with van der Waals surface area (Å²) in [7, 11) is 0. The summed E-state index contributed by atoms with van der Waals surface area (Å²) < 4.78 is 5.02. The van der Waals surface area contributed by atoms with Crippen LogP contribution in [0.25, 0.3) is 0 Å². The first-order valence-corrected chi connectivity index (χ1v) is 4.89. The van der Waals surface area contributed by atoms with E-state index in [0.29, 0.717) is 31.7 Å². The highest BCUT2D eigenvalue weighted by atomic mass is 16.4. The Morgan fingerprint density at radius 3 is 2.81 bits per heavy atom. The molecule has 6 nitrogen and oxygen atoms in total. The van der Waals surface area contributed by atoms with Crippen LogP contribution >= 0.6 is 0 Å². The highest BCUT2D eigenvalue weighted by molar-refractivity contribution is 5.87. The molecule has 1 aromatic heterocycles. The predicted molar refractivity (Wildman–Crippen MR) is 55.8 cm³/mol. The number of aromatic carboxylic acids is 1. The second kappa shape index (κ2) is 5.92. The Labute approximate surface area is 92.4 Å². The van der Waals surface area contributed by atoms with Crippen molar-refractivity contribution >= 4 is 11.9 Å². The second-order valence-corrected chi connectivity index (χ2v) is 3.35. The lowest BCUT2D eigenvalue weighted by molar-refractivity contribution is -0.118. The zero-order valence-electron chi connectivity index (χ0n) is 8.73. The highest BCUT2D eigenvalue weighted by Crippen LogP contribution is 2.07. The summed E-state index contributed by atoms with van der Waals surface area (Å²) in [6.45, 7) is 1.07. The number of nitrogens with one attached hydrogen (secondary N) is 1. The Balaban J connectivity index is 2.21. The molecule has 0 aliphatic heterocycles. The number of primary amides is 1. The van der Waals surface area contributed by atoms with Gasteiger partial charge in [-0.2, -0.15) is 0 Å². The fourth-order valence-electron chi connectivity index (χ4n) is 1.18. The summed E-state index contributed by atoms with van der Waals surface area (Å²) >= 11 is 0. The normalized spacial score (nSPS) is 10.2. The summed E-state index contributed by atoms with van der Waals surface area (Å²) in [6.07, 6.45) is 2.19. The van der Waals surface area contributed by atoms with Gasteiger partial charge in [0.25, 0.3) is 0 Å². The number of carbonyl (C=O) groups excluding carboxylic acids is 1.